The number of nitrogens with one attached hydrogen (secondary N) is 1. The first-order chi connectivity index (χ1) is 14.9. The van der Waals surface area contributed by atoms with Crippen LogP contribution in [0.25, 0.3) is 10.2 Å². The van der Waals surface area contributed by atoms with Gasteiger partial charge in [0.1, 0.15) is 0 Å². The molecule has 2 aromatic carbocycles. The smallest absolute Gasteiger partial charge is 0.244 e. The molecule has 0 unspecified atom stereocenters. The van der Waals surface area contributed by atoms with E-state index in [0.29, 0.717) is 25.8 Å². The number of benzene rings is 2. The summed E-state index contributed by atoms with van der Waals surface area (Å²) < 4.78 is 41.2. The van der Waals surface area contributed by atoms with Crippen LogP contribution in [0.2, 0.25) is 0 Å². The number of amides is 2. The molecule has 31 heavy (non-hydrogen) atoms. The van der Waals surface area contributed by atoms with Crippen molar-refractivity contribution in [2.24, 2.45) is 0 Å². The van der Waals surface area contributed by atoms with Crippen LogP contribution in [0.1, 0.15) is 31.2 Å². The van der Waals surface area contributed by atoms with Crippen molar-refractivity contribution in [3.63, 3.8) is 0 Å². The van der Waals surface area contributed by atoms with E-state index in [0.717, 1.165) is 27.4 Å². The molecule has 0 aliphatic carbocycles. The van der Waals surface area contributed by atoms with Gasteiger partial charge >= 0.3 is 0 Å². The summed E-state index contributed by atoms with van der Waals surface area (Å²) in [5, 5.41) is 3.14. The number of rotatable bonds is 9. The minimum Gasteiger partial charge on any atom is -0.333 e. The second-order valence-corrected chi connectivity index (χ2v) is 8.13. The summed E-state index contributed by atoms with van der Waals surface area (Å²) in [5.41, 5.74) is 0.464. The molecule has 0 aliphatic rings. The number of carbonyl (C=O) groups excluding carboxylic acids is 2. The van der Waals surface area contributed by atoms with Gasteiger partial charge in [0.05, 0.1) is 27.5 Å². The van der Waals surface area contributed by atoms with Crippen LogP contribution in [0.3, 0.4) is 0 Å². The zero-order chi connectivity index (χ0) is 22.4. The van der Waals surface area contributed by atoms with Gasteiger partial charge in [0, 0.05) is 13.0 Å². The van der Waals surface area contributed by atoms with E-state index in [4.69, 9.17) is 0 Å². The first kappa shape index (κ1) is 22.7. The molecule has 2 amide bonds. The van der Waals surface area contributed by atoms with Crippen LogP contribution in [-0.4, -0.2) is 34.8 Å². The lowest BCUT2D eigenvalue weighted by Crippen LogP contribution is -2.38. The van der Waals surface area contributed by atoms with Gasteiger partial charge in [0.2, 0.25) is 11.8 Å². The maximum absolute atomic E-state index is 13.8. The van der Waals surface area contributed by atoms with Crippen molar-refractivity contribution < 1.29 is 22.8 Å². The number of thiazole rings is 1. The average Bonchev–Trinajstić information content (AvgIpc) is 3.16. The van der Waals surface area contributed by atoms with Crippen molar-refractivity contribution in [3.8, 4) is 0 Å². The minimum atomic E-state index is -1.66. The molecule has 1 N–H and O–H groups in total. The zero-order valence-electron chi connectivity index (χ0n) is 17.0. The molecule has 1 heterocycles. The minimum absolute atomic E-state index is 0.205. The van der Waals surface area contributed by atoms with Gasteiger partial charge in [-0.25, -0.2) is 18.2 Å². The van der Waals surface area contributed by atoms with E-state index in [2.05, 4.69) is 10.3 Å². The molecule has 0 saturated carbocycles. The third-order valence-electron chi connectivity index (χ3n) is 4.61. The van der Waals surface area contributed by atoms with Crippen molar-refractivity contribution >= 4 is 39.1 Å². The fraction of sp³-hybridized carbons (Fsp3) is 0.318. The molecule has 0 bridgehead atoms. The number of nitrogens with zero attached hydrogens (tertiary/aromatic N) is 2. The van der Waals surface area contributed by atoms with E-state index in [9.17, 15) is 22.8 Å². The van der Waals surface area contributed by atoms with E-state index in [1.807, 2.05) is 31.2 Å². The lowest BCUT2D eigenvalue weighted by molar-refractivity contribution is -0.134. The quantitative estimate of drug-likeness (QED) is 0.472. The number of anilines is 1. The number of carbonyl (C=O) groups is 2. The Morgan fingerprint density at radius 1 is 1.10 bits per heavy atom. The number of hydrogen-bond donors (Lipinski definition) is 1. The number of hydrogen-bond acceptors (Lipinski definition) is 4. The van der Waals surface area contributed by atoms with Gasteiger partial charge in [0.15, 0.2) is 17.5 Å². The number of aryl methyl sites for hydroxylation is 1. The Labute approximate surface area is 181 Å². The second-order valence-electron chi connectivity index (χ2n) is 7.02. The molecule has 0 saturated heterocycles. The Morgan fingerprint density at radius 2 is 1.87 bits per heavy atom. The molecular weight excluding hydrogens is 427 g/mol. The Kier molecular flexibility index (Phi) is 7.62. The topological polar surface area (TPSA) is 62.3 Å². The highest BCUT2D eigenvalue weighted by Crippen LogP contribution is 2.23. The molecule has 3 aromatic rings. The molecule has 1 aromatic heterocycles. The molecule has 0 fully saturated rings. The van der Waals surface area contributed by atoms with Gasteiger partial charge in [-0.05, 0) is 43.5 Å². The SMILES string of the molecule is CCCN(CC(=O)Nc1ccc(F)c(F)c1F)C(=O)CCCc1nc2ccccc2s1. The van der Waals surface area contributed by atoms with Crippen LogP contribution in [0, 0.1) is 17.5 Å². The molecule has 0 spiro atoms. The average molecular weight is 449 g/mol. The predicted molar refractivity (Wildman–Crippen MR) is 114 cm³/mol. The first-order valence-corrected chi connectivity index (χ1v) is 10.8. The van der Waals surface area contributed by atoms with Crippen LogP contribution in [-0.2, 0) is 16.0 Å². The van der Waals surface area contributed by atoms with Crippen LogP contribution in [0.15, 0.2) is 36.4 Å². The van der Waals surface area contributed by atoms with Crippen molar-refractivity contribution in [2.45, 2.75) is 32.6 Å². The molecule has 0 aliphatic heterocycles. The van der Waals surface area contributed by atoms with Crippen molar-refractivity contribution in [1.29, 1.82) is 0 Å². The van der Waals surface area contributed by atoms with Gasteiger partial charge in [-0.15, -0.1) is 11.3 Å². The predicted octanol–water partition coefficient (Wildman–Crippen LogP) is 4.91. The Hall–Kier alpha value is -2.94. The van der Waals surface area contributed by atoms with Crippen LogP contribution in [0.4, 0.5) is 18.9 Å². The third kappa shape index (κ3) is 5.81. The molecular formula is C22H22F3N3O2S. The molecule has 3 rings (SSSR count). The highest BCUT2D eigenvalue weighted by molar-refractivity contribution is 7.18. The van der Waals surface area contributed by atoms with Crippen LogP contribution in [0.5, 0.6) is 0 Å². The Balaban J connectivity index is 1.54. The normalized spacial score (nSPS) is 11.0. The summed E-state index contributed by atoms with van der Waals surface area (Å²) in [5.74, 6) is -5.36. The van der Waals surface area contributed by atoms with E-state index < -0.39 is 29.0 Å². The zero-order valence-corrected chi connectivity index (χ0v) is 17.8. The summed E-state index contributed by atoms with van der Waals surface area (Å²) in [6.07, 6.45) is 2.11. The number of fused-ring (bicyclic) bond motifs is 1. The highest BCUT2D eigenvalue weighted by atomic mass is 32.1. The molecule has 5 nitrogen and oxygen atoms in total. The van der Waals surface area contributed by atoms with E-state index in [1.165, 1.54) is 4.90 Å². The van der Waals surface area contributed by atoms with E-state index in [-0.39, 0.29) is 18.9 Å². The summed E-state index contributed by atoms with van der Waals surface area (Å²) in [6, 6.07) is 9.49. The summed E-state index contributed by atoms with van der Waals surface area (Å²) in [6.45, 7) is 1.92. The van der Waals surface area contributed by atoms with Crippen molar-refractivity contribution in [1.82, 2.24) is 9.88 Å². The van der Waals surface area contributed by atoms with Crippen LogP contribution < -0.4 is 5.32 Å². The van der Waals surface area contributed by atoms with E-state index >= 15 is 0 Å². The molecule has 9 heteroatoms. The molecule has 0 radical (unpaired) electrons. The molecule has 0 atom stereocenters. The Bertz CT molecular complexity index is 1050. The van der Waals surface area contributed by atoms with E-state index in [1.54, 1.807) is 11.3 Å². The highest BCUT2D eigenvalue weighted by Gasteiger charge is 2.19. The van der Waals surface area contributed by atoms with Gasteiger partial charge in [-0.1, -0.05) is 19.1 Å². The van der Waals surface area contributed by atoms with Gasteiger partial charge in [-0.3, -0.25) is 9.59 Å². The molecule has 164 valence electrons. The fourth-order valence-corrected chi connectivity index (χ4v) is 4.13. The van der Waals surface area contributed by atoms with Crippen LogP contribution >= 0.6 is 11.3 Å². The fourth-order valence-electron chi connectivity index (χ4n) is 3.12. The van der Waals surface area contributed by atoms with Crippen molar-refractivity contribution in [3.05, 3.63) is 58.9 Å². The van der Waals surface area contributed by atoms with Gasteiger partial charge < -0.3 is 10.2 Å². The Morgan fingerprint density at radius 3 is 2.61 bits per heavy atom. The van der Waals surface area contributed by atoms with Gasteiger partial charge in [0.25, 0.3) is 0 Å². The lowest BCUT2D eigenvalue weighted by Gasteiger charge is -2.21. The monoisotopic (exact) mass is 449 g/mol. The first-order valence-electron chi connectivity index (χ1n) is 9.94. The maximum Gasteiger partial charge on any atom is 0.244 e. The number of halogens is 3. The number of aromatic nitrogens is 1. The third-order valence-corrected chi connectivity index (χ3v) is 5.71. The lowest BCUT2D eigenvalue weighted by atomic mass is 10.2. The summed E-state index contributed by atoms with van der Waals surface area (Å²) in [4.78, 5) is 30.8. The largest absolute Gasteiger partial charge is 0.333 e. The summed E-state index contributed by atoms with van der Waals surface area (Å²) in [7, 11) is 0. The summed E-state index contributed by atoms with van der Waals surface area (Å²) >= 11 is 1.59. The van der Waals surface area contributed by atoms with Gasteiger partial charge in [-0.2, -0.15) is 0 Å². The maximum atomic E-state index is 13.8. The van der Waals surface area contributed by atoms with Crippen molar-refractivity contribution in [2.75, 3.05) is 18.4 Å². The second kappa shape index (κ2) is 10.4. The standard InChI is InChI=1S/C22H22F3N3O2S/c1-2-12-28(13-18(29)26-16-11-10-14(23)21(24)22(16)25)20(30)9-5-8-19-27-15-6-3-4-7-17(15)31-19/h3-4,6-7,10-11H,2,5,8-9,12-13H2,1H3,(H,26,29). The number of para-hydroxylation sites is 1.